The Morgan fingerprint density at radius 2 is 1.75 bits per heavy atom. The summed E-state index contributed by atoms with van der Waals surface area (Å²) in [6.07, 6.45) is 2.02. The van der Waals surface area contributed by atoms with Gasteiger partial charge in [-0.1, -0.05) is 0 Å². The fourth-order valence-corrected chi connectivity index (χ4v) is 2.18. The molecule has 2 rings (SSSR count). The molecule has 0 unspecified atom stereocenters. The Labute approximate surface area is 115 Å². The summed E-state index contributed by atoms with van der Waals surface area (Å²) in [5.74, 6) is -2.49. The quantitative estimate of drug-likeness (QED) is 0.859. The van der Waals surface area contributed by atoms with Crippen LogP contribution < -0.4 is 4.90 Å². The Morgan fingerprint density at radius 3 is 2.25 bits per heavy atom. The fraction of sp³-hybridized carbons (Fsp3) is 0.357. The molecule has 20 heavy (non-hydrogen) atoms. The van der Waals surface area contributed by atoms with Gasteiger partial charge in [-0.15, -0.1) is 0 Å². The zero-order valence-corrected chi connectivity index (χ0v) is 11.1. The normalized spacial score (nSPS) is 16.9. The molecule has 0 aliphatic carbocycles. The van der Waals surface area contributed by atoms with E-state index in [1.165, 1.54) is 6.08 Å². The standard InChI is InChI=1S/C14H16F2N2O2/c1-17-4-6-18(7-5-17)14-11(15)8-10(9-12(14)16)2-3-13(19)20/h2-3,8-9H,4-7H2,1H3,(H,19,20). The number of hydrogen-bond acceptors (Lipinski definition) is 3. The number of carbonyl (C=O) groups is 1. The van der Waals surface area contributed by atoms with Gasteiger partial charge in [0.25, 0.3) is 0 Å². The van der Waals surface area contributed by atoms with E-state index in [1.54, 1.807) is 4.90 Å². The molecule has 1 fully saturated rings. The van der Waals surface area contributed by atoms with E-state index in [1.807, 2.05) is 7.05 Å². The van der Waals surface area contributed by atoms with Crippen molar-refractivity contribution in [3.63, 3.8) is 0 Å². The molecule has 0 atom stereocenters. The van der Waals surface area contributed by atoms with Gasteiger partial charge in [0.2, 0.25) is 0 Å². The zero-order valence-electron chi connectivity index (χ0n) is 11.1. The molecular weight excluding hydrogens is 266 g/mol. The second-order valence-corrected chi connectivity index (χ2v) is 4.80. The molecule has 6 heteroatoms. The maximum absolute atomic E-state index is 14.0. The average molecular weight is 282 g/mol. The van der Waals surface area contributed by atoms with Crippen molar-refractivity contribution in [2.24, 2.45) is 0 Å². The van der Waals surface area contributed by atoms with E-state index in [2.05, 4.69) is 4.90 Å². The summed E-state index contributed by atoms with van der Waals surface area (Å²) < 4.78 is 28.1. The van der Waals surface area contributed by atoms with Crippen molar-refractivity contribution in [2.75, 3.05) is 38.1 Å². The predicted octanol–water partition coefficient (Wildman–Crippen LogP) is 1.81. The average Bonchev–Trinajstić information content (AvgIpc) is 2.38. The number of carboxylic acid groups (broad SMARTS) is 1. The lowest BCUT2D eigenvalue weighted by Gasteiger charge is -2.34. The molecule has 1 N–H and O–H groups in total. The van der Waals surface area contributed by atoms with Gasteiger partial charge in [0.05, 0.1) is 0 Å². The van der Waals surface area contributed by atoms with Gasteiger partial charge in [-0.25, -0.2) is 13.6 Å². The Morgan fingerprint density at radius 1 is 1.20 bits per heavy atom. The lowest BCUT2D eigenvalue weighted by atomic mass is 10.1. The Kier molecular flexibility index (Phi) is 4.34. The highest BCUT2D eigenvalue weighted by Crippen LogP contribution is 2.26. The number of nitrogens with zero attached hydrogens (tertiary/aromatic N) is 2. The van der Waals surface area contributed by atoms with Gasteiger partial charge >= 0.3 is 5.97 Å². The molecule has 0 aromatic heterocycles. The minimum atomic E-state index is -1.16. The van der Waals surface area contributed by atoms with Crippen LogP contribution in [0.25, 0.3) is 6.08 Å². The van der Waals surface area contributed by atoms with Gasteiger partial charge < -0.3 is 14.9 Å². The van der Waals surface area contributed by atoms with Crippen LogP contribution >= 0.6 is 0 Å². The van der Waals surface area contributed by atoms with E-state index in [-0.39, 0.29) is 11.3 Å². The highest BCUT2D eigenvalue weighted by molar-refractivity contribution is 5.85. The summed E-state index contributed by atoms with van der Waals surface area (Å²) in [7, 11) is 1.96. The molecule has 1 saturated heterocycles. The molecule has 1 aliphatic heterocycles. The van der Waals surface area contributed by atoms with Crippen molar-refractivity contribution in [2.45, 2.75) is 0 Å². The third-order valence-electron chi connectivity index (χ3n) is 3.28. The lowest BCUT2D eigenvalue weighted by molar-refractivity contribution is -0.131. The molecule has 1 heterocycles. The van der Waals surface area contributed by atoms with Gasteiger partial charge in [-0.3, -0.25) is 0 Å². The van der Waals surface area contributed by atoms with Gasteiger partial charge in [0.15, 0.2) is 0 Å². The molecule has 1 aromatic rings. The SMILES string of the molecule is CN1CCN(c2c(F)cc(C=CC(=O)O)cc2F)CC1. The third-order valence-corrected chi connectivity index (χ3v) is 3.28. The van der Waals surface area contributed by atoms with Crippen molar-refractivity contribution >= 4 is 17.7 Å². The predicted molar refractivity (Wildman–Crippen MR) is 72.7 cm³/mol. The van der Waals surface area contributed by atoms with Crippen LogP contribution in [-0.2, 0) is 4.79 Å². The van der Waals surface area contributed by atoms with Crippen LogP contribution in [0.15, 0.2) is 18.2 Å². The Balaban J connectivity index is 2.25. The summed E-state index contributed by atoms with van der Waals surface area (Å²) in [5.41, 5.74) is 0.158. The minimum Gasteiger partial charge on any atom is -0.478 e. The molecule has 0 radical (unpaired) electrons. The molecule has 0 amide bonds. The Bertz CT molecular complexity index is 515. The van der Waals surface area contributed by atoms with E-state index >= 15 is 0 Å². The first kappa shape index (κ1) is 14.5. The summed E-state index contributed by atoms with van der Waals surface area (Å²) in [6.45, 7) is 2.63. The maximum atomic E-state index is 14.0. The number of piperazine rings is 1. The highest BCUT2D eigenvalue weighted by Gasteiger charge is 2.21. The summed E-state index contributed by atoms with van der Waals surface area (Å²) in [4.78, 5) is 14.2. The summed E-state index contributed by atoms with van der Waals surface area (Å²) >= 11 is 0. The second-order valence-electron chi connectivity index (χ2n) is 4.80. The monoisotopic (exact) mass is 282 g/mol. The number of benzene rings is 1. The molecule has 0 spiro atoms. The number of hydrogen-bond donors (Lipinski definition) is 1. The van der Waals surface area contributed by atoms with E-state index in [9.17, 15) is 13.6 Å². The maximum Gasteiger partial charge on any atom is 0.328 e. The van der Waals surface area contributed by atoms with E-state index < -0.39 is 17.6 Å². The van der Waals surface area contributed by atoms with Crippen molar-refractivity contribution in [1.82, 2.24) is 4.90 Å². The second kappa shape index (κ2) is 6.00. The molecule has 0 saturated carbocycles. The largest absolute Gasteiger partial charge is 0.478 e. The van der Waals surface area contributed by atoms with Crippen LogP contribution in [0.2, 0.25) is 0 Å². The number of carboxylic acids is 1. The number of rotatable bonds is 3. The van der Waals surface area contributed by atoms with Crippen LogP contribution in [-0.4, -0.2) is 49.2 Å². The topological polar surface area (TPSA) is 43.8 Å². The van der Waals surface area contributed by atoms with Gasteiger partial charge in [-0.2, -0.15) is 0 Å². The lowest BCUT2D eigenvalue weighted by Crippen LogP contribution is -2.45. The molecule has 4 nitrogen and oxygen atoms in total. The third kappa shape index (κ3) is 3.33. The van der Waals surface area contributed by atoms with E-state index in [0.29, 0.717) is 13.1 Å². The zero-order chi connectivity index (χ0) is 14.7. The first-order valence-corrected chi connectivity index (χ1v) is 6.31. The van der Waals surface area contributed by atoms with Gasteiger partial charge in [0, 0.05) is 32.3 Å². The molecule has 1 aliphatic rings. The number of halogens is 2. The molecule has 108 valence electrons. The fourth-order valence-electron chi connectivity index (χ4n) is 2.18. The highest BCUT2D eigenvalue weighted by atomic mass is 19.1. The molecule has 1 aromatic carbocycles. The van der Waals surface area contributed by atoms with Crippen molar-refractivity contribution < 1.29 is 18.7 Å². The number of likely N-dealkylation sites (N-methyl/N-ethyl adjacent to an activating group) is 1. The van der Waals surface area contributed by atoms with Crippen molar-refractivity contribution in [1.29, 1.82) is 0 Å². The van der Waals surface area contributed by atoms with Crippen LogP contribution in [0.3, 0.4) is 0 Å². The van der Waals surface area contributed by atoms with Crippen LogP contribution in [0.1, 0.15) is 5.56 Å². The Hall–Kier alpha value is -1.95. The molecule has 0 bridgehead atoms. The smallest absolute Gasteiger partial charge is 0.328 e. The number of anilines is 1. The van der Waals surface area contributed by atoms with Crippen LogP contribution in [0.4, 0.5) is 14.5 Å². The van der Waals surface area contributed by atoms with Crippen molar-refractivity contribution in [3.8, 4) is 0 Å². The van der Waals surface area contributed by atoms with Crippen LogP contribution in [0, 0.1) is 11.6 Å². The van der Waals surface area contributed by atoms with Gasteiger partial charge in [0.1, 0.15) is 17.3 Å². The van der Waals surface area contributed by atoms with E-state index in [4.69, 9.17) is 5.11 Å². The first-order chi connectivity index (χ1) is 9.47. The van der Waals surface area contributed by atoms with E-state index in [0.717, 1.165) is 31.3 Å². The van der Waals surface area contributed by atoms with Crippen LogP contribution in [0.5, 0.6) is 0 Å². The first-order valence-electron chi connectivity index (χ1n) is 6.31. The summed E-state index contributed by atoms with van der Waals surface area (Å²) in [5, 5.41) is 8.51. The minimum absolute atomic E-state index is 0.0365. The molecular formula is C14H16F2N2O2. The summed E-state index contributed by atoms with van der Waals surface area (Å²) in [6, 6.07) is 2.30. The van der Waals surface area contributed by atoms with Crippen molar-refractivity contribution in [3.05, 3.63) is 35.4 Å². The van der Waals surface area contributed by atoms with Gasteiger partial charge in [-0.05, 0) is 30.8 Å². The number of aliphatic carboxylic acids is 1.